The minimum absolute atomic E-state index is 0.116. The summed E-state index contributed by atoms with van der Waals surface area (Å²) in [4.78, 5) is 0. The van der Waals surface area contributed by atoms with Crippen molar-refractivity contribution in [1.82, 2.24) is 0 Å². The Kier molecular flexibility index (Phi) is 2.28. The van der Waals surface area contributed by atoms with E-state index in [9.17, 15) is 0 Å². The highest BCUT2D eigenvalue weighted by molar-refractivity contribution is 7.64. The van der Waals surface area contributed by atoms with Crippen molar-refractivity contribution in [3.8, 4) is 0 Å². The van der Waals surface area contributed by atoms with Crippen LogP contribution in [0.25, 0.3) is 11.6 Å². The fraction of sp³-hybridized carbons (Fsp3) is 0.133. The van der Waals surface area contributed by atoms with Crippen LogP contribution in [-0.2, 0) is 0 Å². The molecule has 0 nitrogen and oxygen atoms in total. The molecule has 2 atom stereocenters. The lowest BCUT2D eigenvalue weighted by Gasteiger charge is -2.14. The van der Waals surface area contributed by atoms with Gasteiger partial charge in [0, 0.05) is 6.08 Å². The fourth-order valence-corrected chi connectivity index (χ4v) is 3.77. The molecule has 2 heterocycles. The van der Waals surface area contributed by atoms with Crippen molar-refractivity contribution in [3.05, 3.63) is 59.1 Å². The molecule has 2 aliphatic heterocycles. The average Bonchev–Trinajstić information content (AvgIpc) is 2.63. The van der Waals surface area contributed by atoms with E-state index in [2.05, 4.69) is 59.5 Å². The van der Waals surface area contributed by atoms with E-state index >= 15 is 0 Å². The third-order valence-corrected chi connectivity index (χ3v) is 4.90. The maximum Gasteiger partial charge on any atom is 0.197 e. The number of rotatable bonds is 2. The van der Waals surface area contributed by atoms with Gasteiger partial charge in [0.05, 0.1) is 5.57 Å². The van der Waals surface area contributed by atoms with Crippen LogP contribution in [-0.4, -0.2) is 11.1 Å². The Morgan fingerprint density at radius 2 is 2.06 bits per heavy atom. The maximum atomic E-state index is 3.26. The number of hydrogen-bond donors (Lipinski definition) is 0. The smallest absolute Gasteiger partial charge is 0.0871 e. The summed E-state index contributed by atoms with van der Waals surface area (Å²) in [5.74, 6) is 2.35. The van der Waals surface area contributed by atoms with Crippen LogP contribution in [0.3, 0.4) is 0 Å². The van der Waals surface area contributed by atoms with E-state index in [-0.39, 0.29) is 7.55 Å². The lowest BCUT2D eigenvalue weighted by Crippen LogP contribution is -2.07. The molecule has 0 aromatic heterocycles. The molecule has 3 rings (SSSR count). The molecule has 1 aromatic rings. The lowest BCUT2D eigenvalue weighted by atomic mass is 10.0. The molecule has 0 amide bonds. The molecule has 16 heavy (non-hydrogen) atoms. The van der Waals surface area contributed by atoms with Gasteiger partial charge in [0.1, 0.15) is 11.3 Å². The van der Waals surface area contributed by atoms with Gasteiger partial charge in [-0.2, -0.15) is 0 Å². The molecule has 0 saturated heterocycles. The second-order valence-corrected chi connectivity index (χ2v) is 5.83. The summed E-state index contributed by atoms with van der Waals surface area (Å²) < 4.78 is 0. The molecule has 0 radical (unpaired) electrons. The van der Waals surface area contributed by atoms with Crippen molar-refractivity contribution < 1.29 is 0 Å². The number of fused-ring (bicyclic) bond motifs is 1. The van der Waals surface area contributed by atoms with Gasteiger partial charge in [-0.25, -0.2) is 0 Å². The Balaban J connectivity index is 1.90. The van der Waals surface area contributed by atoms with Gasteiger partial charge < -0.3 is 0 Å². The van der Waals surface area contributed by atoms with Gasteiger partial charge in [-0.05, 0) is 23.8 Å². The van der Waals surface area contributed by atoms with Gasteiger partial charge in [0.25, 0.3) is 0 Å². The molecule has 76 valence electrons. The maximum absolute atomic E-state index is 3.26. The summed E-state index contributed by atoms with van der Waals surface area (Å²) >= 11 is 0. The molecular formula is C15H12P+. The zero-order valence-corrected chi connectivity index (χ0v) is 10.0. The first-order valence-electron chi connectivity index (χ1n) is 5.46. The predicted octanol–water partition coefficient (Wildman–Crippen LogP) is 4.05. The van der Waals surface area contributed by atoms with E-state index in [1.165, 1.54) is 16.7 Å². The van der Waals surface area contributed by atoms with E-state index in [4.69, 9.17) is 0 Å². The lowest BCUT2D eigenvalue weighted by molar-refractivity contribution is 1.38. The fourth-order valence-electron chi connectivity index (χ4n) is 2.06. The van der Waals surface area contributed by atoms with E-state index in [0.29, 0.717) is 5.66 Å². The second kappa shape index (κ2) is 3.78. The van der Waals surface area contributed by atoms with Gasteiger partial charge in [0.2, 0.25) is 0 Å². The first-order valence-corrected chi connectivity index (χ1v) is 6.94. The van der Waals surface area contributed by atoms with E-state index < -0.39 is 0 Å². The Morgan fingerprint density at radius 3 is 2.75 bits per heavy atom. The van der Waals surface area contributed by atoms with Crippen LogP contribution in [0.15, 0.2) is 48.0 Å². The standard InChI is InChI=1S/C15H12P/c1-2-4-12-6-8-13(9-7-12)14-11-16-10-3-5-15(14)16/h2,4-9,11,15H,1H3/q+1/b4-2-. The average molecular weight is 223 g/mol. The van der Waals surface area contributed by atoms with E-state index in [1.807, 2.05) is 6.92 Å². The molecule has 0 spiro atoms. The van der Waals surface area contributed by atoms with Crippen LogP contribution < -0.4 is 0 Å². The van der Waals surface area contributed by atoms with Crippen molar-refractivity contribution in [3.63, 3.8) is 0 Å². The topological polar surface area (TPSA) is 0 Å². The summed E-state index contributed by atoms with van der Waals surface area (Å²) in [6.45, 7) is 2.04. The molecule has 0 bridgehead atoms. The van der Waals surface area contributed by atoms with E-state index in [0.717, 1.165) is 0 Å². The summed E-state index contributed by atoms with van der Waals surface area (Å²) in [7, 11) is -0.116. The molecule has 0 saturated carbocycles. The highest BCUT2D eigenvalue weighted by Crippen LogP contribution is 2.52. The van der Waals surface area contributed by atoms with Crippen LogP contribution in [0.2, 0.25) is 0 Å². The number of hydrogen-bond acceptors (Lipinski definition) is 0. The molecule has 0 N–H and O–H groups in total. The van der Waals surface area contributed by atoms with Crippen LogP contribution in [0, 0.1) is 0 Å². The molecule has 2 unspecified atom stereocenters. The second-order valence-electron chi connectivity index (χ2n) is 3.98. The van der Waals surface area contributed by atoms with Gasteiger partial charge in [-0.15, -0.1) is 0 Å². The van der Waals surface area contributed by atoms with Crippen molar-refractivity contribution in [2.75, 3.05) is 0 Å². The minimum atomic E-state index is -0.116. The zero-order chi connectivity index (χ0) is 11.0. The van der Waals surface area contributed by atoms with Crippen molar-refractivity contribution in [2.45, 2.75) is 12.6 Å². The van der Waals surface area contributed by atoms with Gasteiger partial charge >= 0.3 is 0 Å². The molecule has 1 aromatic carbocycles. The third-order valence-electron chi connectivity index (χ3n) is 2.93. The first-order chi connectivity index (χ1) is 7.88. The Bertz CT molecular complexity index is 587. The summed E-state index contributed by atoms with van der Waals surface area (Å²) in [5.41, 5.74) is 11.0. The van der Waals surface area contributed by atoms with Crippen LogP contribution in [0.1, 0.15) is 18.1 Å². The van der Waals surface area contributed by atoms with Crippen molar-refractivity contribution >= 4 is 24.6 Å². The van der Waals surface area contributed by atoms with Gasteiger partial charge in [-0.1, -0.05) is 36.4 Å². The van der Waals surface area contributed by atoms with Crippen molar-refractivity contribution in [2.24, 2.45) is 0 Å². The molecule has 0 fully saturated rings. The Labute approximate surface area is 96.7 Å². The van der Waals surface area contributed by atoms with E-state index in [1.54, 1.807) is 0 Å². The monoisotopic (exact) mass is 223 g/mol. The molecular weight excluding hydrogens is 211 g/mol. The predicted molar refractivity (Wildman–Crippen MR) is 72.9 cm³/mol. The SMILES string of the molecule is C/C=C\c1ccc(C2=C[P+]3=C=C=CC23)cc1. The third kappa shape index (κ3) is 1.45. The van der Waals surface area contributed by atoms with Crippen LogP contribution in [0.5, 0.6) is 0 Å². The summed E-state index contributed by atoms with van der Waals surface area (Å²) in [6, 6.07) is 8.76. The molecule has 0 aliphatic carbocycles. The van der Waals surface area contributed by atoms with Crippen LogP contribution >= 0.6 is 7.55 Å². The number of benzene rings is 1. The summed E-state index contributed by atoms with van der Waals surface area (Å²) in [5, 5.41) is 0. The Morgan fingerprint density at radius 1 is 1.25 bits per heavy atom. The normalized spacial score (nSPS) is 22.9. The van der Waals surface area contributed by atoms with Crippen molar-refractivity contribution in [1.29, 1.82) is 0 Å². The number of allylic oxidation sites excluding steroid dienone is 3. The summed E-state index contributed by atoms with van der Waals surface area (Å²) in [6.07, 6.45) is 6.34. The van der Waals surface area contributed by atoms with Gasteiger partial charge in [0.15, 0.2) is 13.2 Å². The molecule has 1 heteroatoms. The first kappa shape index (κ1) is 9.64. The minimum Gasteiger partial charge on any atom is -0.0871 e. The molecule has 2 aliphatic rings. The quantitative estimate of drug-likeness (QED) is 0.524. The highest BCUT2D eigenvalue weighted by atomic mass is 31.1. The highest BCUT2D eigenvalue weighted by Gasteiger charge is 2.39. The largest absolute Gasteiger partial charge is 0.197 e. The van der Waals surface area contributed by atoms with Crippen LogP contribution in [0.4, 0.5) is 0 Å². The Hall–Kier alpha value is -1.57. The zero-order valence-electron chi connectivity index (χ0n) is 9.14. The van der Waals surface area contributed by atoms with Gasteiger partial charge in [-0.3, -0.25) is 0 Å².